The van der Waals surface area contributed by atoms with Gasteiger partial charge in [0, 0.05) is 10.9 Å². The number of carbonyl (C=O) groups excluding carboxylic acids is 2. The number of hydrogen-bond acceptors (Lipinski definition) is 3. The van der Waals surface area contributed by atoms with E-state index in [4.69, 9.17) is 4.74 Å². The molecule has 1 aromatic rings. The highest BCUT2D eigenvalue weighted by Gasteiger charge is 2.51. The van der Waals surface area contributed by atoms with Crippen LogP contribution in [0.2, 0.25) is 0 Å². The summed E-state index contributed by atoms with van der Waals surface area (Å²) in [4.78, 5) is 24.9. The first-order valence-corrected chi connectivity index (χ1v) is 10.2. The highest BCUT2D eigenvalue weighted by atomic mass is 79.9. The van der Waals surface area contributed by atoms with E-state index in [0.29, 0.717) is 22.2 Å². The largest absolute Gasteiger partial charge is 0.497 e. The highest BCUT2D eigenvalue weighted by Crippen LogP contribution is 2.61. The van der Waals surface area contributed by atoms with Crippen molar-refractivity contribution >= 4 is 27.7 Å². The molecule has 4 aliphatic carbocycles. The number of amides is 2. The zero-order chi connectivity index (χ0) is 18.3. The summed E-state index contributed by atoms with van der Waals surface area (Å²) in [6, 6.07) is 5.17. The molecule has 5 nitrogen and oxygen atoms in total. The first kappa shape index (κ1) is 17.8. The van der Waals surface area contributed by atoms with Crippen molar-refractivity contribution in [2.24, 2.45) is 23.2 Å². The second kappa shape index (κ2) is 6.87. The molecule has 0 aliphatic heterocycles. The van der Waals surface area contributed by atoms with Crippen LogP contribution in [0.25, 0.3) is 0 Å². The van der Waals surface area contributed by atoms with Crippen LogP contribution < -0.4 is 15.6 Å². The lowest BCUT2D eigenvalue weighted by Gasteiger charge is -2.56. The van der Waals surface area contributed by atoms with Gasteiger partial charge in [0.25, 0.3) is 5.91 Å². The normalized spacial score (nSPS) is 31.5. The van der Waals surface area contributed by atoms with Gasteiger partial charge in [0.05, 0.1) is 12.7 Å². The van der Waals surface area contributed by atoms with Crippen LogP contribution >= 0.6 is 15.9 Å². The summed E-state index contributed by atoms with van der Waals surface area (Å²) >= 11 is 3.36. The third kappa shape index (κ3) is 3.48. The topological polar surface area (TPSA) is 67.4 Å². The molecule has 6 heteroatoms. The minimum atomic E-state index is -0.352. The van der Waals surface area contributed by atoms with Gasteiger partial charge in [0.2, 0.25) is 5.91 Å². The zero-order valence-electron chi connectivity index (χ0n) is 15.0. The number of rotatable bonds is 4. The summed E-state index contributed by atoms with van der Waals surface area (Å²) in [7, 11) is 1.55. The maximum absolute atomic E-state index is 12.5. The lowest BCUT2D eigenvalue weighted by atomic mass is 9.49. The van der Waals surface area contributed by atoms with Gasteiger partial charge in [-0.15, -0.1) is 0 Å². The van der Waals surface area contributed by atoms with E-state index in [-0.39, 0.29) is 17.2 Å². The Morgan fingerprint density at radius 1 is 1.12 bits per heavy atom. The molecule has 1 aromatic carbocycles. The minimum Gasteiger partial charge on any atom is -0.497 e. The molecule has 140 valence electrons. The second-order valence-corrected chi connectivity index (χ2v) is 9.30. The van der Waals surface area contributed by atoms with Crippen molar-refractivity contribution in [1.29, 1.82) is 0 Å². The van der Waals surface area contributed by atoms with Crippen LogP contribution in [0.4, 0.5) is 0 Å². The predicted octanol–water partition coefficient (Wildman–Crippen LogP) is 3.83. The van der Waals surface area contributed by atoms with Gasteiger partial charge in [-0.1, -0.05) is 0 Å². The van der Waals surface area contributed by atoms with Crippen molar-refractivity contribution < 1.29 is 14.3 Å². The number of benzene rings is 1. The number of carbonyl (C=O) groups is 2. The molecule has 4 bridgehead atoms. The number of nitrogens with one attached hydrogen (secondary N) is 2. The monoisotopic (exact) mass is 420 g/mol. The molecular weight excluding hydrogens is 396 g/mol. The van der Waals surface area contributed by atoms with Crippen LogP contribution in [-0.4, -0.2) is 18.9 Å². The molecular formula is C20H25BrN2O3. The average Bonchev–Trinajstić information content (AvgIpc) is 2.58. The third-order valence-corrected chi connectivity index (χ3v) is 7.13. The fraction of sp³-hybridized carbons (Fsp3) is 0.600. The molecule has 4 fully saturated rings. The zero-order valence-corrected chi connectivity index (χ0v) is 16.6. The first-order valence-electron chi connectivity index (χ1n) is 9.39. The molecule has 2 amide bonds. The third-order valence-electron chi connectivity index (χ3n) is 6.43. The number of ether oxygens (including phenoxy) is 1. The summed E-state index contributed by atoms with van der Waals surface area (Å²) in [5.41, 5.74) is 5.77. The fourth-order valence-corrected chi connectivity index (χ4v) is 6.32. The molecule has 26 heavy (non-hydrogen) atoms. The van der Waals surface area contributed by atoms with E-state index in [0.717, 1.165) is 17.8 Å². The Bertz CT molecular complexity index is 698. The van der Waals surface area contributed by atoms with E-state index in [1.165, 1.54) is 38.5 Å². The molecule has 0 saturated heterocycles. The van der Waals surface area contributed by atoms with E-state index in [2.05, 4.69) is 26.8 Å². The van der Waals surface area contributed by atoms with Crippen molar-refractivity contribution in [3.8, 4) is 5.75 Å². The number of methoxy groups -OCH3 is 1. The summed E-state index contributed by atoms with van der Waals surface area (Å²) < 4.78 is 5.81. The van der Waals surface area contributed by atoms with Crippen molar-refractivity contribution in [1.82, 2.24) is 10.9 Å². The van der Waals surface area contributed by atoms with E-state index >= 15 is 0 Å². The second-order valence-electron chi connectivity index (χ2n) is 8.44. The van der Waals surface area contributed by atoms with Crippen LogP contribution in [0.5, 0.6) is 5.75 Å². The molecule has 0 aromatic heterocycles. The quantitative estimate of drug-likeness (QED) is 0.727. The molecule has 0 heterocycles. The molecule has 0 radical (unpaired) electrons. The Kier molecular flexibility index (Phi) is 4.71. The van der Waals surface area contributed by atoms with E-state index in [1.807, 2.05) is 0 Å². The van der Waals surface area contributed by atoms with Crippen LogP contribution in [0.3, 0.4) is 0 Å². The van der Waals surface area contributed by atoms with Gasteiger partial charge >= 0.3 is 0 Å². The van der Waals surface area contributed by atoms with Crippen molar-refractivity contribution in [3.05, 3.63) is 28.2 Å². The summed E-state index contributed by atoms with van der Waals surface area (Å²) in [5, 5.41) is 0. The number of hydrogen-bond donors (Lipinski definition) is 2. The van der Waals surface area contributed by atoms with Crippen molar-refractivity contribution in [3.63, 3.8) is 0 Å². The Hall–Kier alpha value is -1.56. The lowest BCUT2D eigenvalue weighted by molar-refractivity contribution is -0.130. The highest BCUT2D eigenvalue weighted by molar-refractivity contribution is 9.10. The number of hydrazine groups is 1. The van der Waals surface area contributed by atoms with E-state index < -0.39 is 0 Å². The SMILES string of the molecule is COc1ccc(Br)c(C(=O)NNC(=O)CC23CC4CC(CC(C4)C2)C3)c1. The Balaban J connectivity index is 1.35. The Morgan fingerprint density at radius 2 is 1.73 bits per heavy atom. The van der Waals surface area contributed by atoms with Crippen molar-refractivity contribution in [2.45, 2.75) is 44.9 Å². The fourth-order valence-electron chi connectivity index (χ4n) is 5.89. The van der Waals surface area contributed by atoms with Gasteiger partial charge < -0.3 is 4.74 Å². The summed E-state index contributed by atoms with van der Waals surface area (Å²) in [5.74, 6) is 2.61. The van der Waals surface area contributed by atoms with Crippen LogP contribution in [0.1, 0.15) is 55.3 Å². The lowest BCUT2D eigenvalue weighted by Crippen LogP contribution is -2.50. The molecule has 0 unspecified atom stereocenters. The Morgan fingerprint density at radius 3 is 2.31 bits per heavy atom. The van der Waals surface area contributed by atoms with Crippen LogP contribution in [0.15, 0.2) is 22.7 Å². The van der Waals surface area contributed by atoms with Gasteiger partial charge in [-0.05, 0) is 95.8 Å². The van der Waals surface area contributed by atoms with Gasteiger partial charge in [-0.2, -0.15) is 0 Å². The van der Waals surface area contributed by atoms with Gasteiger partial charge in [-0.25, -0.2) is 0 Å². The Labute approximate surface area is 162 Å². The van der Waals surface area contributed by atoms with Gasteiger partial charge in [0.15, 0.2) is 0 Å². The maximum Gasteiger partial charge on any atom is 0.270 e. The first-order chi connectivity index (χ1) is 12.5. The van der Waals surface area contributed by atoms with Gasteiger partial charge in [-0.3, -0.25) is 20.4 Å². The number of halogens is 1. The maximum atomic E-state index is 12.5. The smallest absolute Gasteiger partial charge is 0.270 e. The minimum absolute atomic E-state index is 0.0840. The molecule has 2 N–H and O–H groups in total. The molecule has 0 spiro atoms. The van der Waals surface area contributed by atoms with Gasteiger partial charge in [0.1, 0.15) is 5.75 Å². The van der Waals surface area contributed by atoms with E-state index in [9.17, 15) is 9.59 Å². The predicted molar refractivity (Wildman–Crippen MR) is 102 cm³/mol. The average molecular weight is 421 g/mol. The molecule has 4 aliphatic rings. The van der Waals surface area contributed by atoms with E-state index in [1.54, 1.807) is 25.3 Å². The molecule has 5 rings (SSSR count). The van der Waals surface area contributed by atoms with Crippen LogP contribution in [-0.2, 0) is 4.79 Å². The van der Waals surface area contributed by atoms with Crippen LogP contribution in [0, 0.1) is 23.2 Å². The van der Waals surface area contributed by atoms with Crippen molar-refractivity contribution in [2.75, 3.05) is 7.11 Å². The standard InChI is InChI=1S/C20H25BrN2O3/c1-26-15-2-3-17(21)16(7-15)19(25)23-22-18(24)11-20-8-12-4-13(9-20)6-14(5-12)10-20/h2-3,7,12-14H,4-6,8-11H2,1H3,(H,22,24)(H,23,25). The molecule has 0 atom stereocenters. The summed E-state index contributed by atoms with van der Waals surface area (Å²) in [6.07, 6.45) is 8.16. The molecule has 4 saturated carbocycles. The summed E-state index contributed by atoms with van der Waals surface area (Å²) in [6.45, 7) is 0.